The molecule has 0 amide bonds. The van der Waals surface area contributed by atoms with Crippen LogP contribution in [0.3, 0.4) is 0 Å². The highest BCUT2D eigenvalue weighted by Crippen LogP contribution is 2.08. The van der Waals surface area contributed by atoms with Crippen molar-refractivity contribution in [1.29, 1.82) is 0 Å². The molecule has 1 aromatic rings. The van der Waals surface area contributed by atoms with Gasteiger partial charge in [-0.15, -0.1) is 0 Å². The molecule has 1 aliphatic rings. The van der Waals surface area contributed by atoms with Crippen LogP contribution in [0.2, 0.25) is 0 Å². The Morgan fingerprint density at radius 2 is 2.19 bits per heavy atom. The number of carbonyl (C=O) groups excluding carboxylic acids is 1. The first-order valence-corrected chi connectivity index (χ1v) is 5.22. The lowest BCUT2D eigenvalue weighted by Crippen LogP contribution is -2.20. The van der Waals surface area contributed by atoms with Crippen LogP contribution in [0.25, 0.3) is 0 Å². The Morgan fingerprint density at radius 3 is 2.81 bits per heavy atom. The van der Waals surface area contributed by atoms with Gasteiger partial charge >= 0.3 is 11.2 Å². The van der Waals surface area contributed by atoms with E-state index in [4.69, 9.17) is 14.2 Å². The summed E-state index contributed by atoms with van der Waals surface area (Å²) >= 11 is 4.68. The molecule has 1 fully saturated rings. The minimum absolute atomic E-state index is 0.112. The molecule has 2 rings (SSSR count). The molecule has 16 heavy (non-hydrogen) atoms. The molecule has 4 nitrogen and oxygen atoms in total. The second-order valence-corrected chi connectivity index (χ2v) is 3.60. The SMILES string of the molecule is O=C(OCC1COC(=S)O1)c1ccccc1. The second-order valence-electron chi connectivity index (χ2n) is 3.27. The summed E-state index contributed by atoms with van der Waals surface area (Å²) in [7, 11) is 0. The number of ether oxygens (including phenoxy) is 3. The minimum atomic E-state index is -0.373. The van der Waals surface area contributed by atoms with Gasteiger partial charge in [0.2, 0.25) is 0 Å². The molecule has 0 spiro atoms. The number of carbonyl (C=O) groups is 1. The molecule has 0 saturated carbocycles. The van der Waals surface area contributed by atoms with Crippen LogP contribution in [0.1, 0.15) is 10.4 Å². The molecule has 0 aromatic heterocycles. The summed E-state index contributed by atoms with van der Waals surface area (Å²) in [5.41, 5.74) is 0.518. The van der Waals surface area contributed by atoms with E-state index in [9.17, 15) is 4.79 Å². The fraction of sp³-hybridized carbons (Fsp3) is 0.273. The van der Waals surface area contributed by atoms with Crippen molar-refractivity contribution in [3.05, 3.63) is 35.9 Å². The maximum atomic E-state index is 11.5. The Bertz CT molecular complexity index is 390. The Balaban J connectivity index is 1.82. The van der Waals surface area contributed by atoms with Crippen LogP contribution < -0.4 is 0 Å². The van der Waals surface area contributed by atoms with Crippen molar-refractivity contribution in [2.75, 3.05) is 13.2 Å². The molecule has 1 aromatic carbocycles. The van der Waals surface area contributed by atoms with E-state index in [0.29, 0.717) is 12.2 Å². The van der Waals surface area contributed by atoms with Gasteiger partial charge in [0.25, 0.3) is 0 Å². The Hall–Kier alpha value is -1.62. The summed E-state index contributed by atoms with van der Waals surface area (Å²) in [6.45, 7) is 0.481. The highest BCUT2D eigenvalue weighted by Gasteiger charge is 2.23. The Labute approximate surface area is 98.1 Å². The van der Waals surface area contributed by atoms with Gasteiger partial charge in [-0.2, -0.15) is 0 Å². The molecule has 1 saturated heterocycles. The Morgan fingerprint density at radius 1 is 1.44 bits per heavy atom. The van der Waals surface area contributed by atoms with Crippen LogP contribution in [-0.4, -0.2) is 30.5 Å². The monoisotopic (exact) mass is 238 g/mol. The lowest BCUT2D eigenvalue weighted by molar-refractivity contribution is 0.0338. The van der Waals surface area contributed by atoms with Crippen LogP contribution in [0.5, 0.6) is 0 Å². The Kier molecular flexibility index (Phi) is 3.36. The van der Waals surface area contributed by atoms with Gasteiger partial charge in [0, 0.05) is 12.2 Å². The standard InChI is InChI=1S/C11H10O4S/c12-10(8-4-2-1-3-5-8)13-6-9-7-14-11(16)15-9/h1-5,9H,6-7H2. The second kappa shape index (κ2) is 4.94. The van der Waals surface area contributed by atoms with Crippen molar-refractivity contribution < 1.29 is 19.0 Å². The molecular formula is C11H10O4S. The zero-order chi connectivity index (χ0) is 11.4. The van der Waals surface area contributed by atoms with Crippen molar-refractivity contribution >= 4 is 23.4 Å². The fourth-order valence-electron chi connectivity index (χ4n) is 1.27. The first-order valence-electron chi connectivity index (χ1n) is 4.81. The van der Waals surface area contributed by atoms with Crippen LogP contribution >= 0.6 is 12.2 Å². The van der Waals surface area contributed by atoms with E-state index in [1.54, 1.807) is 24.3 Å². The molecule has 0 radical (unpaired) electrons. The predicted molar refractivity (Wildman–Crippen MR) is 60.1 cm³/mol. The zero-order valence-corrected chi connectivity index (χ0v) is 9.24. The van der Waals surface area contributed by atoms with Crippen molar-refractivity contribution in [3.8, 4) is 0 Å². The van der Waals surface area contributed by atoms with E-state index >= 15 is 0 Å². The average molecular weight is 238 g/mol. The molecule has 84 valence electrons. The summed E-state index contributed by atoms with van der Waals surface area (Å²) in [6, 6.07) is 8.78. The summed E-state index contributed by atoms with van der Waals surface area (Å²) in [6.07, 6.45) is -0.292. The van der Waals surface area contributed by atoms with E-state index in [1.165, 1.54) is 0 Å². The van der Waals surface area contributed by atoms with Gasteiger partial charge in [-0.3, -0.25) is 0 Å². The maximum Gasteiger partial charge on any atom is 0.352 e. The van der Waals surface area contributed by atoms with E-state index in [2.05, 4.69) is 12.2 Å². The van der Waals surface area contributed by atoms with Crippen LogP contribution in [0, 0.1) is 0 Å². The predicted octanol–water partition coefficient (Wildman–Crippen LogP) is 1.54. The highest BCUT2D eigenvalue weighted by atomic mass is 32.1. The molecule has 5 heteroatoms. The molecule has 0 aliphatic carbocycles. The fourth-order valence-corrected chi connectivity index (χ4v) is 1.48. The number of rotatable bonds is 3. The quantitative estimate of drug-likeness (QED) is 0.590. The van der Waals surface area contributed by atoms with Gasteiger partial charge in [0.1, 0.15) is 13.2 Å². The third-order valence-corrected chi connectivity index (χ3v) is 2.27. The number of hydrogen-bond acceptors (Lipinski definition) is 5. The number of benzene rings is 1. The van der Waals surface area contributed by atoms with Gasteiger partial charge in [-0.05, 0) is 12.1 Å². The normalized spacial score (nSPS) is 18.8. The van der Waals surface area contributed by atoms with Crippen molar-refractivity contribution in [1.82, 2.24) is 0 Å². The smallest absolute Gasteiger partial charge is 0.352 e. The summed E-state index contributed by atoms with van der Waals surface area (Å²) < 4.78 is 15.1. The number of esters is 1. The lowest BCUT2D eigenvalue weighted by atomic mass is 10.2. The van der Waals surface area contributed by atoms with E-state index < -0.39 is 0 Å². The van der Waals surface area contributed by atoms with Gasteiger partial charge in [0.15, 0.2) is 6.10 Å². The topological polar surface area (TPSA) is 44.8 Å². The summed E-state index contributed by atoms with van der Waals surface area (Å²) in [4.78, 5) is 11.5. The molecular weight excluding hydrogens is 228 g/mol. The van der Waals surface area contributed by atoms with Crippen LogP contribution in [-0.2, 0) is 14.2 Å². The molecule has 1 unspecified atom stereocenters. The minimum Gasteiger partial charge on any atom is -0.458 e. The third kappa shape index (κ3) is 2.70. The van der Waals surface area contributed by atoms with Gasteiger partial charge < -0.3 is 14.2 Å². The summed E-state index contributed by atoms with van der Waals surface area (Å²) in [5.74, 6) is -0.373. The molecule has 0 bridgehead atoms. The van der Waals surface area contributed by atoms with Crippen molar-refractivity contribution in [2.24, 2.45) is 0 Å². The number of hydrogen-bond donors (Lipinski definition) is 0. The third-order valence-electron chi connectivity index (χ3n) is 2.06. The van der Waals surface area contributed by atoms with Gasteiger partial charge in [-0.25, -0.2) is 4.79 Å². The largest absolute Gasteiger partial charge is 0.458 e. The molecule has 1 heterocycles. The molecule has 0 N–H and O–H groups in total. The van der Waals surface area contributed by atoms with E-state index in [0.717, 1.165) is 0 Å². The van der Waals surface area contributed by atoms with E-state index in [-0.39, 0.29) is 23.9 Å². The maximum absolute atomic E-state index is 11.5. The lowest BCUT2D eigenvalue weighted by Gasteiger charge is -2.08. The number of thiocarbonyl (C=S) groups is 1. The van der Waals surface area contributed by atoms with Gasteiger partial charge in [0.05, 0.1) is 5.56 Å². The van der Waals surface area contributed by atoms with Crippen molar-refractivity contribution in [2.45, 2.75) is 6.10 Å². The molecule has 1 aliphatic heterocycles. The average Bonchev–Trinajstić information content (AvgIpc) is 2.73. The first kappa shape index (κ1) is 10.9. The zero-order valence-electron chi connectivity index (χ0n) is 8.42. The summed E-state index contributed by atoms with van der Waals surface area (Å²) in [5, 5.41) is 0.112. The van der Waals surface area contributed by atoms with Crippen LogP contribution in [0.4, 0.5) is 0 Å². The van der Waals surface area contributed by atoms with Crippen LogP contribution in [0.15, 0.2) is 30.3 Å². The van der Waals surface area contributed by atoms with Crippen molar-refractivity contribution in [3.63, 3.8) is 0 Å². The molecule has 1 atom stereocenters. The van der Waals surface area contributed by atoms with E-state index in [1.807, 2.05) is 6.07 Å². The van der Waals surface area contributed by atoms with Gasteiger partial charge in [-0.1, -0.05) is 18.2 Å². The highest BCUT2D eigenvalue weighted by molar-refractivity contribution is 7.79. The first-order chi connectivity index (χ1) is 7.75.